The van der Waals surface area contributed by atoms with E-state index in [0.717, 1.165) is 0 Å². The molecule has 0 aliphatic carbocycles. The fourth-order valence-electron chi connectivity index (χ4n) is 1.74. The van der Waals surface area contributed by atoms with Crippen LogP contribution < -0.4 is 10.6 Å². The van der Waals surface area contributed by atoms with Gasteiger partial charge in [-0.1, -0.05) is 0 Å². The van der Waals surface area contributed by atoms with Gasteiger partial charge >= 0.3 is 11.9 Å². The minimum absolute atomic E-state index is 0.129. The number of nitrogens with one attached hydrogen (secondary N) is 2. The van der Waals surface area contributed by atoms with Crippen LogP contribution in [0, 0.1) is 0 Å². The first kappa shape index (κ1) is 18.1. The quantitative estimate of drug-likeness (QED) is 0.638. The van der Waals surface area contributed by atoms with Crippen LogP contribution in [0.4, 0.5) is 5.69 Å². The summed E-state index contributed by atoms with van der Waals surface area (Å²) < 4.78 is 4.67. The fraction of sp³-hybridized carbons (Fsp3) is 0.333. The van der Waals surface area contributed by atoms with Crippen molar-refractivity contribution in [3.63, 3.8) is 0 Å². The number of carbonyl (C=O) groups excluding carboxylic acids is 3. The monoisotopic (exact) mass is 322 g/mol. The number of carboxylic acid groups (broad SMARTS) is 1. The molecule has 0 aliphatic heterocycles. The zero-order valence-electron chi connectivity index (χ0n) is 12.8. The molecule has 3 N–H and O–H groups in total. The number of hydrogen-bond donors (Lipinski definition) is 3. The summed E-state index contributed by atoms with van der Waals surface area (Å²) in [5.74, 6) is -2.93. The summed E-state index contributed by atoms with van der Waals surface area (Å²) in [5.41, 5.74) is 0.713. The zero-order valence-corrected chi connectivity index (χ0v) is 12.8. The van der Waals surface area contributed by atoms with Crippen LogP contribution in [0.1, 0.15) is 30.6 Å². The lowest BCUT2D eigenvalue weighted by Crippen LogP contribution is -2.42. The van der Waals surface area contributed by atoms with E-state index in [4.69, 9.17) is 5.11 Å². The Balaban J connectivity index is 2.73. The first-order chi connectivity index (χ1) is 10.8. The number of hydrogen-bond acceptors (Lipinski definition) is 5. The van der Waals surface area contributed by atoms with Crippen molar-refractivity contribution in [1.82, 2.24) is 5.32 Å². The van der Waals surface area contributed by atoms with Gasteiger partial charge in [0.15, 0.2) is 0 Å². The van der Waals surface area contributed by atoms with Crippen molar-refractivity contribution in [3.05, 3.63) is 29.8 Å². The zero-order chi connectivity index (χ0) is 17.4. The first-order valence-corrected chi connectivity index (χ1v) is 6.90. The van der Waals surface area contributed by atoms with Crippen LogP contribution in [0.5, 0.6) is 0 Å². The van der Waals surface area contributed by atoms with E-state index in [1.807, 2.05) is 0 Å². The van der Waals surface area contributed by atoms with Crippen molar-refractivity contribution in [2.75, 3.05) is 11.9 Å². The number of aliphatic carboxylic acids is 1. The summed E-state index contributed by atoms with van der Waals surface area (Å²) in [4.78, 5) is 45.4. The van der Waals surface area contributed by atoms with Gasteiger partial charge < -0.3 is 20.5 Å². The van der Waals surface area contributed by atoms with E-state index in [1.165, 1.54) is 31.2 Å². The fourth-order valence-corrected chi connectivity index (χ4v) is 1.74. The molecule has 0 saturated carbocycles. The average Bonchev–Trinajstić information content (AvgIpc) is 2.46. The molecule has 0 fully saturated rings. The van der Waals surface area contributed by atoms with Crippen LogP contribution in [0.2, 0.25) is 0 Å². The smallest absolute Gasteiger partial charge is 0.326 e. The Bertz CT molecular complexity index is 596. The summed E-state index contributed by atoms with van der Waals surface area (Å²) in [6.07, 6.45) is -0.459. The average molecular weight is 322 g/mol. The predicted molar refractivity (Wildman–Crippen MR) is 80.9 cm³/mol. The van der Waals surface area contributed by atoms with Gasteiger partial charge in [0.25, 0.3) is 5.91 Å². The number of ether oxygens (including phenoxy) is 1. The van der Waals surface area contributed by atoms with E-state index in [9.17, 15) is 19.2 Å². The van der Waals surface area contributed by atoms with Crippen molar-refractivity contribution in [2.24, 2.45) is 0 Å². The molecule has 0 spiro atoms. The topological polar surface area (TPSA) is 122 Å². The van der Waals surface area contributed by atoms with Gasteiger partial charge in [-0.3, -0.25) is 14.4 Å². The van der Waals surface area contributed by atoms with E-state index >= 15 is 0 Å². The van der Waals surface area contributed by atoms with Gasteiger partial charge in [-0.05, 0) is 31.2 Å². The van der Waals surface area contributed by atoms with Gasteiger partial charge in [0.2, 0.25) is 5.91 Å². The third-order valence-electron chi connectivity index (χ3n) is 2.75. The Kier molecular flexibility index (Phi) is 6.72. The van der Waals surface area contributed by atoms with Crippen molar-refractivity contribution in [2.45, 2.75) is 26.3 Å². The molecule has 1 aromatic rings. The lowest BCUT2D eigenvalue weighted by molar-refractivity contribution is -0.149. The molecule has 2 amide bonds. The van der Waals surface area contributed by atoms with Crippen LogP contribution in [-0.2, 0) is 19.1 Å². The van der Waals surface area contributed by atoms with E-state index in [-0.39, 0.29) is 18.1 Å². The molecule has 8 nitrogen and oxygen atoms in total. The van der Waals surface area contributed by atoms with Gasteiger partial charge in [-0.2, -0.15) is 0 Å². The highest BCUT2D eigenvalue weighted by molar-refractivity contribution is 5.98. The largest absolute Gasteiger partial charge is 0.480 e. The van der Waals surface area contributed by atoms with Crippen LogP contribution in [0.25, 0.3) is 0 Å². The standard InChI is InChI=1S/C15H18N2O6/c1-3-23-13(19)8-12(15(21)22)17-14(20)10-4-6-11(7-5-10)16-9(2)18/h4-7,12H,3,8H2,1-2H3,(H,16,18)(H,17,20)(H,21,22)/t12-/m1/s1. The molecule has 1 rings (SSSR count). The maximum Gasteiger partial charge on any atom is 0.326 e. The van der Waals surface area contributed by atoms with Crippen LogP contribution in [0.15, 0.2) is 24.3 Å². The minimum Gasteiger partial charge on any atom is -0.480 e. The minimum atomic E-state index is -1.38. The molecular formula is C15H18N2O6. The van der Waals surface area contributed by atoms with Crippen LogP contribution >= 0.6 is 0 Å². The number of carbonyl (C=O) groups is 4. The van der Waals surface area contributed by atoms with Crippen molar-refractivity contribution in [1.29, 1.82) is 0 Å². The normalized spacial score (nSPS) is 11.2. The summed E-state index contributed by atoms with van der Waals surface area (Å²) in [5, 5.41) is 13.9. The van der Waals surface area contributed by atoms with Crippen LogP contribution in [-0.4, -0.2) is 41.5 Å². The molecule has 0 aliphatic rings. The lowest BCUT2D eigenvalue weighted by atomic mass is 10.1. The van der Waals surface area contributed by atoms with Gasteiger partial charge in [0.05, 0.1) is 13.0 Å². The molecule has 0 bridgehead atoms. The van der Waals surface area contributed by atoms with E-state index in [0.29, 0.717) is 5.69 Å². The van der Waals surface area contributed by atoms with E-state index in [2.05, 4.69) is 15.4 Å². The third kappa shape index (κ3) is 6.16. The molecule has 124 valence electrons. The van der Waals surface area contributed by atoms with Gasteiger partial charge in [-0.25, -0.2) is 4.79 Å². The number of anilines is 1. The molecule has 0 unspecified atom stereocenters. The highest BCUT2D eigenvalue weighted by Crippen LogP contribution is 2.10. The van der Waals surface area contributed by atoms with Gasteiger partial charge in [0, 0.05) is 18.2 Å². The highest BCUT2D eigenvalue weighted by Gasteiger charge is 2.24. The molecule has 0 heterocycles. The Morgan fingerprint density at radius 2 is 1.78 bits per heavy atom. The summed E-state index contributed by atoms with van der Waals surface area (Å²) in [6.45, 7) is 3.08. The number of benzene rings is 1. The number of esters is 1. The Morgan fingerprint density at radius 3 is 2.26 bits per heavy atom. The highest BCUT2D eigenvalue weighted by atomic mass is 16.5. The number of amides is 2. The molecule has 0 radical (unpaired) electrons. The number of carboxylic acids is 1. The molecule has 0 saturated heterocycles. The molecule has 1 aromatic carbocycles. The van der Waals surface area contributed by atoms with E-state index in [1.54, 1.807) is 6.92 Å². The second-order valence-electron chi connectivity index (χ2n) is 4.63. The maximum atomic E-state index is 12.0. The van der Waals surface area contributed by atoms with Gasteiger partial charge in [0.1, 0.15) is 6.04 Å². The van der Waals surface area contributed by atoms with Gasteiger partial charge in [-0.15, -0.1) is 0 Å². The maximum absolute atomic E-state index is 12.0. The molecular weight excluding hydrogens is 304 g/mol. The Labute approximate surface area is 132 Å². The summed E-state index contributed by atoms with van der Waals surface area (Å²) in [7, 11) is 0. The molecule has 0 aromatic heterocycles. The number of rotatable bonds is 7. The SMILES string of the molecule is CCOC(=O)C[C@@H](NC(=O)c1ccc(NC(C)=O)cc1)C(=O)O. The third-order valence-corrected chi connectivity index (χ3v) is 2.75. The lowest BCUT2D eigenvalue weighted by Gasteiger charge is -2.14. The first-order valence-electron chi connectivity index (χ1n) is 6.90. The van der Waals surface area contributed by atoms with Crippen molar-refractivity contribution in [3.8, 4) is 0 Å². The second-order valence-corrected chi connectivity index (χ2v) is 4.63. The van der Waals surface area contributed by atoms with Crippen molar-refractivity contribution >= 4 is 29.4 Å². The summed E-state index contributed by atoms with van der Waals surface area (Å²) in [6, 6.07) is 4.51. The predicted octanol–water partition coefficient (Wildman–Crippen LogP) is 0.781. The summed E-state index contributed by atoms with van der Waals surface area (Å²) >= 11 is 0. The Morgan fingerprint density at radius 1 is 1.17 bits per heavy atom. The van der Waals surface area contributed by atoms with E-state index < -0.39 is 30.3 Å². The molecule has 23 heavy (non-hydrogen) atoms. The second kappa shape index (κ2) is 8.52. The molecule has 1 atom stereocenters. The Hall–Kier alpha value is -2.90. The van der Waals surface area contributed by atoms with Crippen molar-refractivity contribution < 1.29 is 29.0 Å². The van der Waals surface area contributed by atoms with Crippen LogP contribution in [0.3, 0.4) is 0 Å². The molecule has 8 heteroatoms.